The molecule has 3 nitrogen and oxygen atoms in total. The minimum absolute atomic E-state index is 0.0502. The zero-order valence-electron chi connectivity index (χ0n) is 11.7. The van der Waals surface area contributed by atoms with Crippen molar-refractivity contribution >= 4 is 27.5 Å². The molecule has 0 atom stereocenters. The third-order valence-electron chi connectivity index (χ3n) is 3.11. The van der Waals surface area contributed by atoms with Gasteiger partial charge in [-0.05, 0) is 48.4 Å². The van der Waals surface area contributed by atoms with Crippen LogP contribution in [0.1, 0.15) is 22.8 Å². The average Bonchev–Trinajstić information content (AvgIpc) is 2.49. The number of hydrogen-bond acceptors (Lipinski definition) is 2. The van der Waals surface area contributed by atoms with E-state index in [9.17, 15) is 9.18 Å². The van der Waals surface area contributed by atoms with E-state index in [4.69, 9.17) is 4.74 Å². The fourth-order valence-electron chi connectivity index (χ4n) is 1.97. The van der Waals surface area contributed by atoms with E-state index in [2.05, 4.69) is 21.2 Å². The third kappa shape index (κ3) is 3.61. The van der Waals surface area contributed by atoms with E-state index < -0.39 is 5.82 Å². The van der Waals surface area contributed by atoms with Crippen LogP contribution in [0.25, 0.3) is 0 Å². The van der Waals surface area contributed by atoms with Gasteiger partial charge in [0.15, 0.2) is 11.6 Å². The zero-order valence-corrected chi connectivity index (χ0v) is 13.3. The van der Waals surface area contributed by atoms with Crippen LogP contribution in [-0.2, 0) is 6.42 Å². The zero-order chi connectivity index (χ0) is 15.4. The molecule has 2 aromatic carbocycles. The van der Waals surface area contributed by atoms with Crippen molar-refractivity contribution in [2.75, 3.05) is 12.4 Å². The number of nitrogens with one attached hydrogen (secondary N) is 1. The molecule has 5 heteroatoms. The second-order valence-corrected chi connectivity index (χ2v) is 5.37. The lowest BCUT2D eigenvalue weighted by Crippen LogP contribution is -2.13. The maximum absolute atomic E-state index is 13.4. The molecular formula is C16H15BrFNO2. The molecule has 0 aromatic heterocycles. The highest BCUT2D eigenvalue weighted by Gasteiger charge is 2.12. The van der Waals surface area contributed by atoms with Crippen LogP contribution in [0.3, 0.4) is 0 Å². The number of amides is 1. The predicted molar refractivity (Wildman–Crippen MR) is 84.4 cm³/mol. The number of rotatable bonds is 4. The first kappa shape index (κ1) is 15.5. The van der Waals surface area contributed by atoms with Crippen LogP contribution < -0.4 is 10.1 Å². The van der Waals surface area contributed by atoms with Gasteiger partial charge in [0.2, 0.25) is 0 Å². The molecule has 0 aliphatic rings. The van der Waals surface area contributed by atoms with Gasteiger partial charge in [-0.15, -0.1) is 0 Å². The summed E-state index contributed by atoms with van der Waals surface area (Å²) < 4.78 is 19.2. The number of hydrogen-bond donors (Lipinski definition) is 1. The summed E-state index contributed by atoms with van der Waals surface area (Å²) in [6, 6.07) is 9.69. The number of benzene rings is 2. The third-order valence-corrected chi connectivity index (χ3v) is 3.60. The number of halogens is 2. The number of anilines is 1. The first-order valence-electron chi connectivity index (χ1n) is 6.48. The topological polar surface area (TPSA) is 38.3 Å². The summed E-state index contributed by atoms with van der Waals surface area (Å²) in [6.07, 6.45) is 0.793. The molecule has 1 N–H and O–H groups in total. The number of methoxy groups -OCH3 is 1. The lowest BCUT2D eigenvalue weighted by molar-refractivity contribution is 0.102. The van der Waals surface area contributed by atoms with Gasteiger partial charge in [0.25, 0.3) is 5.91 Å². The molecule has 0 saturated heterocycles. The predicted octanol–water partition coefficient (Wildman–Crippen LogP) is 4.41. The molecule has 21 heavy (non-hydrogen) atoms. The summed E-state index contributed by atoms with van der Waals surface area (Å²) in [4.78, 5) is 12.2. The maximum atomic E-state index is 13.4. The largest absolute Gasteiger partial charge is 0.494 e. The number of carbonyl (C=O) groups excluding carboxylic acids is 1. The Morgan fingerprint density at radius 3 is 2.71 bits per heavy atom. The lowest BCUT2D eigenvalue weighted by Gasteiger charge is -2.11. The van der Waals surface area contributed by atoms with E-state index in [0.717, 1.165) is 22.1 Å². The summed E-state index contributed by atoms with van der Waals surface area (Å²) in [5.74, 6) is -0.744. The molecule has 2 aromatic rings. The van der Waals surface area contributed by atoms with E-state index in [1.165, 1.54) is 25.3 Å². The highest BCUT2D eigenvalue weighted by atomic mass is 79.9. The Bertz CT molecular complexity index is 673. The van der Waals surface area contributed by atoms with Crippen molar-refractivity contribution < 1.29 is 13.9 Å². The summed E-state index contributed by atoms with van der Waals surface area (Å²) in [7, 11) is 1.37. The molecular weight excluding hydrogens is 337 g/mol. The van der Waals surface area contributed by atoms with Gasteiger partial charge in [-0.25, -0.2) is 4.39 Å². The van der Waals surface area contributed by atoms with E-state index in [1.807, 2.05) is 25.1 Å². The molecule has 2 rings (SSSR count). The van der Waals surface area contributed by atoms with Gasteiger partial charge in [0.05, 0.1) is 7.11 Å². The standard InChI is InChI=1S/C16H15BrFNO2/c1-3-10-8-12(17)5-7-14(10)19-16(20)11-4-6-13(18)15(9-11)21-2/h4-9H,3H2,1-2H3,(H,19,20). The molecule has 0 saturated carbocycles. The molecule has 0 aliphatic carbocycles. The first-order valence-corrected chi connectivity index (χ1v) is 7.27. The van der Waals surface area contributed by atoms with E-state index in [-0.39, 0.29) is 11.7 Å². The van der Waals surface area contributed by atoms with Crippen LogP contribution in [0.4, 0.5) is 10.1 Å². The molecule has 1 amide bonds. The lowest BCUT2D eigenvalue weighted by atomic mass is 10.1. The fourth-order valence-corrected chi connectivity index (χ4v) is 2.38. The molecule has 110 valence electrons. The van der Waals surface area contributed by atoms with Crippen LogP contribution in [0.15, 0.2) is 40.9 Å². The molecule has 0 spiro atoms. The Labute approximate surface area is 131 Å². The molecule has 0 fully saturated rings. The Kier molecular flexibility index (Phi) is 4.96. The number of aryl methyl sites for hydroxylation is 1. The highest BCUT2D eigenvalue weighted by molar-refractivity contribution is 9.10. The molecule has 0 unspecified atom stereocenters. The molecule has 0 aliphatic heterocycles. The van der Waals surface area contributed by atoms with Gasteiger partial charge in [0.1, 0.15) is 0 Å². The van der Waals surface area contributed by atoms with Crippen LogP contribution in [-0.4, -0.2) is 13.0 Å². The summed E-state index contributed by atoms with van der Waals surface area (Å²) in [5.41, 5.74) is 2.11. The van der Waals surface area contributed by atoms with Crippen molar-refractivity contribution in [2.24, 2.45) is 0 Å². The molecule has 0 bridgehead atoms. The smallest absolute Gasteiger partial charge is 0.255 e. The molecule has 0 heterocycles. The minimum Gasteiger partial charge on any atom is -0.494 e. The second kappa shape index (κ2) is 6.72. The summed E-state index contributed by atoms with van der Waals surface area (Å²) in [6.45, 7) is 2.01. The van der Waals surface area contributed by atoms with Gasteiger partial charge in [-0.1, -0.05) is 22.9 Å². The summed E-state index contributed by atoms with van der Waals surface area (Å²) >= 11 is 3.40. The van der Waals surface area contributed by atoms with Crippen molar-refractivity contribution in [3.8, 4) is 5.75 Å². The minimum atomic E-state index is -0.494. The van der Waals surface area contributed by atoms with Gasteiger partial charge in [-0.2, -0.15) is 0 Å². The van der Waals surface area contributed by atoms with Crippen molar-refractivity contribution in [1.82, 2.24) is 0 Å². The van der Waals surface area contributed by atoms with Crippen molar-refractivity contribution in [1.29, 1.82) is 0 Å². The quantitative estimate of drug-likeness (QED) is 0.885. The Balaban J connectivity index is 2.26. The van der Waals surface area contributed by atoms with Crippen LogP contribution in [0.2, 0.25) is 0 Å². The Morgan fingerprint density at radius 2 is 2.05 bits per heavy atom. The maximum Gasteiger partial charge on any atom is 0.255 e. The second-order valence-electron chi connectivity index (χ2n) is 4.46. The summed E-state index contributed by atoms with van der Waals surface area (Å²) in [5, 5.41) is 2.84. The fraction of sp³-hybridized carbons (Fsp3) is 0.188. The van der Waals surface area contributed by atoms with E-state index >= 15 is 0 Å². The van der Waals surface area contributed by atoms with Gasteiger partial charge >= 0.3 is 0 Å². The van der Waals surface area contributed by atoms with Gasteiger partial charge in [-0.3, -0.25) is 4.79 Å². The monoisotopic (exact) mass is 351 g/mol. The Hall–Kier alpha value is -1.88. The van der Waals surface area contributed by atoms with Crippen LogP contribution >= 0.6 is 15.9 Å². The van der Waals surface area contributed by atoms with Crippen LogP contribution in [0, 0.1) is 5.82 Å². The molecule has 0 radical (unpaired) electrons. The van der Waals surface area contributed by atoms with E-state index in [0.29, 0.717) is 5.56 Å². The van der Waals surface area contributed by atoms with E-state index in [1.54, 1.807) is 0 Å². The first-order chi connectivity index (χ1) is 10.0. The Morgan fingerprint density at radius 1 is 1.29 bits per heavy atom. The highest BCUT2D eigenvalue weighted by Crippen LogP contribution is 2.23. The van der Waals surface area contributed by atoms with Crippen LogP contribution in [0.5, 0.6) is 5.75 Å². The van der Waals surface area contributed by atoms with Crippen molar-refractivity contribution in [3.05, 3.63) is 57.8 Å². The normalized spacial score (nSPS) is 10.3. The van der Waals surface area contributed by atoms with Crippen molar-refractivity contribution in [2.45, 2.75) is 13.3 Å². The number of carbonyl (C=O) groups is 1. The van der Waals surface area contributed by atoms with Gasteiger partial charge in [0, 0.05) is 15.7 Å². The average molecular weight is 352 g/mol. The van der Waals surface area contributed by atoms with Gasteiger partial charge < -0.3 is 10.1 Å². The van der Waals surface area contributed by atoms with Crippen molar-refractivity contribution in [3.63, 3.8) is 0 Å². The SMILES string of the molecule is CCc1cc(Br)ccc1NC(=O)c1ccc(F)c(OC)c1. The number of ether oxygens (including phenoxy) is 1.